The highest BCUT2D eigenvalue weighted by atomic mass is 19.4. The average molecular weight is 493 g/mol. The van der Waals surface area contributed by atoms with Gasteiger partial charge in [-0.15, -0.1) is 0 Å². The number of alkyl halides is 3. The first kappa shape index (κ1) is 22.9. The molecule has 0 unspecified atom stereocenters. The van der Waals surface area contributed by atoms with Gasteiger partial charge in [0.05, 0.1) is 23.3 Å². The standard InChI is InChI=1S/C24H15F4N7O/c25-18-16(7-2-8-17(18)35-23(36)13-4-1-5-14(10-13)24(26,27)28)34-21-15(6-3-9-29-21)19-20-22(32-11-30-19)33-12-31-20/h1-12H,(H,29,34)(H,35,36)(H,30,31,32,33). The van der Waals surface area contributed by atoms with Gasteiger partial charge in [0.25, 0.3) is 5.91 Å². The molecule has 5 rings (SSSR count). The van der Waals surface area contributed by atoms with Crippen molar-refractivity contribution < 1.29 is 22.4 Å². The second-order valence-corrected chi connectivity index (χ2v) is 7.55. The number of halogens is 4. The largest absolute Gasteiger partial charge is 0.416 e. The zero-order valence-electron chi connectivity index (χ0n) is 18.1. The van der Waals surface area contributed by atoms with Gasteiger partial charge in [-0.3, -0.25) is 4.79 Å². The van der Waals surface area contributed by atoms with Crippen molar-refractivity contribution >= 4 is 34.3 Å². The molecule has 0 bridgehead atoms. The van der Waals surface area contributed by atoms with Crippen LogP contribution in [0.25, 0.3) is 22.4 Å². The maximum Gasteiger partial charge on any atom is 0.416 e. The number of nitrogens with zero attached hydrogens (tertiary/aromatic N) is 4. The fourth-order valence-corrected chi connectivity index (χ4v) is 3.55. The lowest BCUT2D eigenvalue weighted by molar-refractivity contribution is -0.137. The molecule has 5 aromatic rings. The zero-order valence-corrected chi connectivity index (χ0v) is 18.1. The van der Waals surface area contributed by atoms with Gasteiger partial charge in [0.1, 0.15) is 23.4 Å². The number of aromatic amines is 1. The molecule has 0 aliphatic carbocycles. The lowest BCUT2D eigenvalue weighted by Crippen LogP contribution is -2.15. The van der Waals surface area contributed by atoms with Crippen molar-refractivity contribution in [2.45, 2.75) is 6.18 Å². The number of rotatable bonds is 5. The van der Waals surface area contributed by atoms with Crippen LogP contribution in [0.4, 0.5) is 34.8 Å². The monoisotopic (exact) mass is 493 g/mol. The Kier molecular flexibility index (Phi) is 5.76. The molecule has 0 atom stereocenters. The smallest absolute Gasteiger partial charge is 0.341 e. The number of benzene rings is 2. The predicted molar refractivity (Wildman–Crippen MR) is 124 cm³/mol. The summed E-state index contributed by atoms with van der Waals surface area (Å²) in [6.45, 7) is 0. The molecule has 0 aliphatic heterocycles. The highest BCUT2D eigenvalue weighted by Gasteiger charge is 2.31. The molecule has 3 N–H and O–H groups in total. The summed E-state index contributed by atoms with van der Waals surface area (Å²) in [5, 5.41) is 5.22. The van der Waals surface area contributed by atoms with E-state index < -0.39 is 23.5 Å². The summed E-state index contributed by atoms with van der Waals surface area (Å²) in [6.07, 6.45) is -0.284. The molecule has 8 nitrogen and oxygen atoms in total. The van der Waals surface area contributed by atoms with Crippen LogP contribution in [0, 0.1) is 5.82 Å². The highest BCUT2D eigenvalue weighted by molar-refractivity contribution is 6.04. The first-order valence-electron chi connectivity index (χ1n) is 10.4. The summed E-state index contributed by atoms with van der Waals surface area (Å²) in [5.74, 6) is -1.45. The van der Waals surface area contributed by atoms with E-state index in [0.29, 0.717) is 28.5 Å². The van der Waals surface area contributed by atoms with Gasteiger partial charge in [0.2, 0.25) is 0 Å². The molecule has 3 heterocycles. The Balaban J connectivity index is 1.44. The number of carbonyl (C=O) groups is 1. The number of aromatic nitrogens is 5. The number of hydrogen-bond donors (Lipinski definition) is 3. The molecular weight excluding hydrogens is 478 g/mol. The van der Waals surface area contributed by atoms with Crippen LogP contribution in [0.3, 0.4) is 0 Å². The number of fused-ring (bicyclic) bond motifs is 1. The predicted octanol–water partition coefficient (Wildman–Crippen LogP) is 5.57. The molecule has 0 fully saturated rings. The van der Waals surface area contributed by atoms with Crippen LogP contribution in [0.2, 0.25) is 0 Å². The molecule has 180 valence electrons. The van der Waals surface area contributed by atoms with Crippen molar-refractivity contribution in [3.05, 3.63) is 90.4 Å². The van der Waals surface area contributed by atoms with Crippen molar-refractivity contribution in [2.75, 3.05) is 10.6 Å². The van der Waals surface area contributed by atoms with Gasteiger partial charge in [-0.2, -0.15) is 13.2 Å². The minimum atomic E-state index is -4.61. The molecule has 0 saturated heterocycles. The molecule has 0 spiro atoms. The lowest BCUT2D eigenvalue weighted by atomic mass is 10.1. The molecule has 2 aromatic carbocycles. The molecule has 0 radical (unpaired) electrons. The van der Waals surface area contributed by atoms with Gasteiger partial charge < -0.3 is 15.6 Å². The van der Waals surface area contributed by atoms with Crippen LogP contribution in [0.15, 0.2) is 73.4 Å². The number of nitrogens with one attached hydrogen (secondary N) is 3. The molecule has 36 heavy (non-hydrogen) atoms. The number of pyridine rings is 1. The maximum absolute atomic E-state index is 15.3. The average Bonchev–Trinajstić information content (AvgIpc) is 3.36. The van der Waals surface area contributed by atoms with E-state index in [4.69, 9.17) is 0 Å². The van der Waals surface area contributed by atoms with E-state index in [9.17, 15) is 18.0 Å². The van der Waals surface area contributed by atoms with Gasteiger partial charge in [-0.25, -0.2) is 24.3 Å². The van der Waals surface area contributed by atoms with Crippen LogP contribution in [-0.4, -0.2) is 30.8 Å². The minimum Gasteiger partial charge on any atom is -0.341 e. The Bertz CT molecular complexity index is 1580. The Morgan fingerprint density at radius 2 is 1.72 bits per heavy atom. The molecule has 12 heteroatoms. The first-order valence-corrected chi connectivity index (χ1v) is 10.4. The molecule has 3 aromatic heterocycles. The van der Waals surface area contributed by atoms with Crippen molar-refractivity contribution in [1.82, 2.24) is 24.9 Å². The van der Waals surface area contributed by atoms with Crippen LogP contribution in [-0.2, 0) is 6.18 Å². The Labute approximate surface area is 200 Å². The van der Waals surface area contributed by atoms with E-state index >= 15 is 4.39 Å². The Morgan fingerprint density at radius 1 is 0.917 bits per heavy atom. The van der Waals surface area contributed by atoms with Crippen LogP contribution >= 0.6 is 0 Å². The summed E-state index contributed by atoms with van der Waals surface area (Å²) >= 11 is 0. The van der Waals surface area contributed by atoms with Gasteiger partial charge in [-0.05, 0) is 42.5 Å². The number of amides is 1. The van der Waals surface area contributed by atoms with Crippen molar-refractivity contribution in [3.63, 3.8) is 0 Å². The topological polar surface area (TPSA) is 108 Å². The molecule has 0 aliphatic rings. The highest BCUT2D eigenvalue weighted by Crippen LogP contribution is 2.33. The lowest BCUT2D eigenvalue weighted by Gasteiger charge is -2.14. The zero-order chi connectivity index (χ0) is 25.3. The number of hydrogen-bond acceptors (Lipinski definition) is 6. The van der Waals surface area contributed by atoms with Crippen molar-refractivity contribution in [3.8, 4) is 11.3 Å². The summed E-state index contributed by atoms with van der Waals surface area (Å²) < 4.78 is 54.3. The summed E-state index contributed by atoms with van der Waals surface area (Å²) in [7, 11) is 0. The third kappa shape index (κ3) is 4.43. The fourth-order valence-electron chi connectivity index (χ4n) is 3.55. The van der Waals surface area contributed by atoms with E-state index in [-0.39, 0.29) is 22.8 Å². The normalized spacial score (nSPS) is 11.4. The van der Waals surface area contributed by atoms with Gasteiger partial charge >= 0.3 is 6.18 Å². The SMILES string of the molecule is O=C(Nc1cccc(Nc2ncccc2-c2ncnc3nc[nH]c23)c1F)c1cccc(C(F)(F)F)c1. The molecular formula is C24H15F4N7O. The van der Waals surface area contributed by atoms with Crippen LogP contribution in [0.5, 0.6) is 0 Å². The summed E-state index contributed by atoms with van der Waals surface area (Å²) in [4.78, 5) is 32.3. The molecule has 0 saturated carbocycles. The van der Waals surface area contributed by atoms with E-state index in [0.717, 1.165) is 12.1 Å². The van der Waals surface area contributed by atoms with Crippen molar-refractivity contribution in [1.29, 1.82) is 0 Å². The fraction of sp³-hybridized carbons (Fsp3) is 0.0417. The van der Waals surface area contributed by atoms with Gasteiger partial charge in [0, 0.05) is 17.3 Å². The van der Waals surface area contributed by atoms with Crippen LogP contribution in [0.1, 0.15) is 15.9 Å². The molecule has 1 amide bonds. The maximum atomic E-state index is 15.3. The Hall–Kier alpha value is -4.87. The number of carbonyl (C=O) groups excluding carboxylic acids is 1. The third-order valence-electron chi connectivity index (χ3n) is 5.24. The Morgan fingerprint density at radius 3 is 2.56 bits per heavy atom. The second kappa shape index (κ2) is 9.06. The number of imidazole rings is 1. The number of anilines is 3. The van der Waals surface area contributed by atoms with E-state index in [2.05, 4.69) is 35.6 Å². The quantitative estimate of drug-likeness (QED) is 0.276. The van der Waals surface area contributed by atoms with Gasteiger partial charge in [0.15, 0.2) is 11.5 Å². The minimum absolute atomic E-state index is 0.0216. The van der Waals surface area contributed by atoms with Crippen molar-refractivity contribution in [2.24, 2.45) is 0 Å². The van der Waals surface area contributed by atoms with E-state index in [1.54, 1.807) is 12.1 Å². The first-order chi connectivity index (χ1) is 17.3. The third-order valence-corrected chi connectivity index (χ3v) is 5.24. The van der Waals surface area contributed by atoms with E-state index in [1.165, 1.54) is 43.1 Å². The van der Waals surface area contributed by atoms with Crippen LogP contribution < -0.4 is 10.6 Å². The van der Waals surface area contributed by atoms with Gasteiger partial charge in [-0.1, -0.05) is 12.1 Å². The second-order valence-electron chi connectivity index (χ2n) is 7.55. The summed E-state index contributed by atoms with van der Waals surface area (Å²) in [6, 6.07) is 11.5. The van der Waals surface area contributed by atoms with E-state index in [1.807, 2.05) is 0 Å². The summed E-state index contributed by atoms with van der Waals surface area (Å²) in [5.41, 5.74) is 0.544. The number of H-pyrrole nitrogens is 1.